The summed E-state index contributed by atoms with van der Waals surface area (Å²) >= 11 is 0. The third-order valence-electron chi connectivity index (χ3n) is 5.00. The quantitative estimate of drug-likeness (QED) is 0.736. The molecule has 2 aromatic heterocycles. The summed E-state index contributed by atoms with van der Waals surface area (Å²) < 4.78 is 5.44. The molecule has 140 valence electrons. The van der Waals surface area contributed by atoms with Crippen LogP contribution in [0.5, 0.6) is 0 Å². The Labute approximate surface area is 152 Å². The predicted molar refractivity (Wildman–Crippen MR) is 95.6 cm³/mol. The summed E-state index contributed by atoms with van der Waals surface area (Å²) in [5.74, 6) is -0.621. The highest BCUT2D eigenvalue weighted by atomic mass is 16.4. The molecule has 3 rings (SSSR count). The van der Waals surface area contributed by atoms with Crippen LogP contribution in [0.4, 0.5) is 0 Å². The van der Waals surface area contributed by atoms with E-state index in [2.05, 4.69) is 15.3 Å². The van der Waals surface area contributed by atoms with E-state index in [-0.39, 0.29) is 5.89 Å². The molecule has 1 aliphatic rings. The molecule has 7 heteroatoms. The summed E-state index contributed by atoms with van der Waals surface area (Å²) in [6.45, 7) is 1.79. The second-order valence-corrected chi connectivity index (χ2v) is 6.93. The van der Waals surface area contributed by atoms with Crippen molar-refractivity contribution in [3.05, 3.63) is 24.2 Å². The first-order valence-electron chi connectivity index (χ1n) is 9.32. The Bertz CT molecular complexity index is 734. The van der Waals surface area contributed by atoms with Crippen LogP contribution in [-0.2, 0) is 4.79 Å². The molecule has 0 aromatic carbocycles. The standard InChI is InChI=1S/C19H25N3O4/c1-2-13(16(24)19-22-17-15(26-19)9-6-10-20-17)21-18(25)14(23)11-12-7-4-3-5-8-12/h6,9-10,12-14,23H,2-5,7-8,11H2,1H3,(H,21,25). The lowest BCUT2D eigenvalue weighted by Gasteiger charge is -2.24. The molecule has 1 fully saturated rings. The molecule has 7 nitrogen and oxygen atoms in total. The number of fused-ring (bicyclic) bond motifs is 1. The molecule has 0 spiro atoms. The van der Waals surface area contributed by atoms with Gasteiger partial charge in [0.25, 0.3) is 5.89 Å². The van der Waals surface area contributed by atoms with E-state index in [1.807, 2.05) is 0 Å². The number of aromatic nitrogens is 2. The lowest BCUT2D eigenvalue weighted by atomic mass is 9.85. The van der Waals surface area contributed by atoms with Crippen LogP contribution in [-0.4, -0.2) is 38.9 Å². The maximum absolute atomic E-state index is 12.6. The largest absolute Gasteiger partial charge is 0.432 e. The Hall–Kier alpha value is -2.28. The molecule has 0 aliphatic heterocycles. The first-order chi connectivity index (χ1) is 12.6. The Balaban J connectivity index is 1.62. The van der Waals surface area contributed by atoms with Crippen molar-refractivity contribution in [1.82, 2.24) is 15.3 Å². The first kappa shape index (κ1) is 18.5. The molecule has 2 aromatic rings. The van der Waals surface area contributed by atoms with Crippen molar-refractivity contribution in [3.8, 4) is 0 Å². The zero-order valence-corrected chi connectivity index (χ0v) is 15.0. The number of hydrogen-bond donors (Lipinski definition) is 2. The molecule has 2 N–H and O–H groups in total. The summed E-state index contributed by atoms with van der Waals surface area (Å²) in [6, 6.07) is 2.60. The second kappa shape index (κ2) is 8.40. The number of pyridine rings is 1. The van der Waals surface area contributed by atoms with Crippen LogP contribution in [0.3, 0.4) is 0 Å². The van der Waals surface area contributed by atoms with E-state index in [0.29, 0.717) is 30.0 Å². The van der Waals surface area contributed by atoms with E-state index in [1.54, 1.807) is 25.3 Å². The van der Waals surface area contributed by atoms with Gasteiger partial charge in [-0.2, -0.15) is 4.98 Å². The first-order valence-corrected chi connectivity index (χ1v) is 9.32. The van der Waals surface area contributed by atoms with Crippen LogP contribution >= 0.6 is 0 Å². The van der Waals surface area contributed by atoms with Gasteiger partial charge >= 0.3 is 0 Å². The van der Waals surface area contributed by atoms with Gasteiger partial charge in [0, 0.05) is 6.20 Å². The number of carbonyl (C=O) groups is 2. The summed E-state index contributed by atoms with van der Waals surface area (Å²) in [5.41, 5.74) is 0.781. The average molecular weight is 359 g/mol. The number of nitrogens with one attached hydrogen (secondary N) is 1. The van der Waals surface area contributed by atoms with E-state index in [1.165, 1.54) is 6.42 Å². The van der Waals surface area contributed by atoms with Gasteiger partial charge in [-0.3, -0.25) is 9.59 Å². The number of oxazole rings is 1. The van der Waals surface area contributed by atoms with Crippen molar-refractivity contribution >= 4 is 22.9 Å². The number of nitrogens with zero attached hydrogens (tertiary/aromatic N) is 2. The fourth-order valence-corrected chi connectivity index (χ4v) is 3.49. The highest BCUT2D eigenvalue weighted by Crippen LogP contribution is 2.27. The molecule has 2 atom stereocenters. The number of Topliss-reactive ketones (excluding diaryl/α,β-unsaturated/α-hetero) is 1. The van der Waals surface area contributed by atoms with Gasteiger partial charge in [-0.1, -0.05) is 39.0 Å². The average Bonchev–Trinajstić information content (AvgIpc) is 3.10. The molecule has 2 unspecified atom stereocenters. The number of aliphatic hydroxyl groups is 1. The van der Waals surface area contributed by atoms with Crippen LogP contribution < -0.4 is 5.32 Å². The van der Waals surface area contributed by atoms with Crippen LogP contribution in [0.2, 0.25) is 0 Å². The molecule has 1 amide bonds. The van der Waals surface area contributed by atoms with E-state index in [0.717, 1.165) is 25.7 Å². The molecule has 0 bridgehead atoms. The van der Waals surface area contributed by atoms with Gasteiger partial charge in [-0.15, -0.1) is 0 Å². The maximum atomic E-state index is 12.6. The van der Waals surface area contributed by atoms with Gasteiger partial charge < -0.3 is 14.8 Å². The monoisotopic (exact) mass is 359 g/mol. The van der Waals surface area contributed by atoms with Crippen molar-refractivity contribution in [1.29, 1.82) is 0 Å². The van der Waals surface area contributed by atoms with Crippen molar-refractivity contribution in [2.24, 2.45) is 5.92 Å². The van der Waals surface area contributed by atoms with Crippen LogP contribution in [0, 0.1) is 5.92 Å². The molecular weight excluding hydrogens is 334 g/mol. The minimum Gasteiger partial charge on any atom is -0.432 e. The SMILES string of the molecule is CCC(NC(=O)C(O)CC1CCCCC1)C(=O)c1nc2ncccc2o1. The Morgan fingerprint density at radius 2 is 2.12 bits per heavy atom. The molecular formula is C19H25N3O4. The van der Waals surface area contributed by atoms with Gasteiger partial charge in [0.1, 0.15) is 6.10 Å². The number of hydrogen-bond acceptors (Lipinski definition) is 6. The van der Waals surface area contributed by atoms with Crippen LogP contribution in [0.25, 0.3) is 11.2 Å². The molecule has 0 radical (unpaired) electrons. The topological polar surface area (TPSA) is 105 Å². The Kier molecular flexibility index (Phi) is 5.98. The van der Waals surface area contributed by atoms with Crippen molar-refractivity contribution in [2.75, 3.05) is 0 Å². The second-order valence-electron chi connectivity index (χ2n) is 6.93. The number of carbonyl (C=O) groups excluding carboxylic acids is 2. The number of ketones is 1. The normalized spacial score (nSPS) is 17.8. The fourth-order valence-electron chi connectivity index (χ4n) is 3.49. The zero-order valence-electron chi connectivity index (χ0n) is 15.0. The Morgan fingerprint density at radius 3 is 2.81 bits per heavy atom. The predicted octanol–water partition coefficient (Wildman–Crippen LogP) is 2.63. The fraction of sp³-hybridized carbons (Fsp3) is 0.579. The lowest BCUT2D eigenvalue weighted by molar-refractivity contribution is -0.130. The number of aliphatic hydroxyl groups excluding tert-OH is 1. The molecule has 0 saturated heterocycles. The minimum atomic E-state index is -1.09. The van der Waals surface area contributed by atoms with Crippen molar-refractivity contribution in [2.45, 2.75) is 64.0 Å². The molecule has 1 saturated carbocycles. The van der Waals surface area contributed by atoms with E-state index < -0.39 is 23.8 Å². The van der Waals surface area contributed by atoms with E-state index >= 15 is 0 Å². The summed E-state index contributed by atoms with van der Waals surface area (Å²) in [7, 11) is 0. The minimum absolute atomic E-state index is 0.0763. The number of amides is 1. The molecule has 1 aliphatic carbocycles. The smallest absolute Gasteiger partial charge is 0.268 e. The third-order valence-corrected chi connectivity index (χ3v) is 5.00. The van der Waals surface area contributed by atoms with Gasteiger partial charge in [-0.05, 0) is 30.9 Å². The van der Waals surface area contributed by atoms with Crippen molar-refractivity contribution in [3.63, 3.8) is 0 Å². The summed E-state index contributed by atoms with van der Waals surface area (Å²) in [4.78, 5) is 33.1. The van der Waals surface area contributed by atoms with E-state index in [9.17, 15) is 14.7 Å². The van der Waals surface area contributed by atoms with Gasteiger partial charge in [0.05, 0.1) is 6.04 Å². The van der Waals surface area contributed by atoms with Crippen molar-refractivity contribution < 1.29 is 19.1 Å². The maximum Gasteiger partial charge on any atom is 0.268 e. The van der Waals surface area contributed by atoms with Crippen LogP contribution in [0.1, 0.15) is 62.6 Å². The lowest BCUT2D eigenvalue weighted by Crippen LogP contribution is -2.45. The van der Waals surface area contributed by atoms with Gasteiger partial charge in [0.15, 0.2) is 11.2 Å². The zero-order chi connectivity index (χ0) is 18.5. The number of rotatable bonds is 7. The summed E-state index contributed by atoms with van der Waals surface area (Å²) in [5, 5.41) is 12.8. The Morgan fingerprint density at radius 1 is 1.35 bits per heavy atom. The summed E-state index contributed by atoms with van der Waals surface area (Å²) in [6.07, 6.45) is 6.94. The molecule has 26 heavy (non-hydrogen) atoms. The van der Waals surface area contributed by atoms with Gasteiger partial charge in [0.2, 0.25) is 11.7 Å². The van der Waals surface area contributed by atoms with E-state index in [4.69, 9.17) is 4.42 Å². The van der Waals surface area contributed by atoms with Crippen LogP contribution in [0.15, 0.2) is 22.7 Å². The van der Waals surface area contributed by atoms with Gasteiger partial charge in [-0.25, -0.2) is 4.98 Å². The highest BCUT2D eigenvalue weighted by molar-refractivity contribution is 6.00. The highest BCUT2D eigenvalue weighted by Gasteiger charge is 2.29. The molecule has 2 heterocycles. The third kappa shape index (κ3) is 4.27.